The molecule has 1 aliphatic carbocycles. The third-order valence-electron chi connectivity index (χ3n) is 4.76. The van der Waals surface area contributed by atoms with Crippen LogP contribution in [0.2, 0.25) is 0 Å². The van der Waals surface area contributed by atoms with Crippen LogP contribution in [-0.2, 0) is 10.2 Å². The quantitative estimate of drug-likeness (QED) is 0.649. The molecule has 4 rings (SSSR count). The van der Waals surface area contributed by atoms with E-state index < -0.39 is 5.41 Å². The molecule has 122 valence electrons. The second-order valence-electron chi connectivity index (χ2n) is 6.39. The zero-order chi connectivity index (χ0) is 16.9. The fraction of sp³-hybridized carbons (Fsp3) is 0.211. The number of aromatic nitrogens is 1. The lowest BCUT2D eigenvalue weighted by Gasteiger charge is -2.15. The van der Waals surface area contributed by atoms with Crippen molar-refractivity contribution in [2.45, 2.75) is 25.2 Å². The Balaban J connectivity index is 1.66. The van der Waals surface area contributed by atoms with Gasteiger partial charge in [-0.2, -0.15) is 0 Å². The molecule has 3 aromatic rings. The molecule has 1 aromatic heterocycles. The molecule has 0 unspecified atom stereocenters. The van der Waals surface area contributed by atoms with Gasteiger partial charge in [-0.1, -0.05) is 15.9 Å². The van der Waals surface area contributed by atoms with Crippen molar-refractivity contribution in [1.82, 2.24) is 4.98 Å². The molecule has 0 spiro atoms. The van der Waals surface area contributed by atoms with Crippen molar-refractivity contribution in [3.05, 3.63) is 64.0 Å². The average molecular weight is 387 g/mol. The van der Waals surface area contributed by atoms with Gasteiger partial charge >= 0.3 is 0 Å². The topological polar surface area (TPSA) is 44.9 Å². The van der Waals surface area contributed by atoms with Gasteiger partial charge in [0.25, 0.3) is 0 Å². The maximum atomic E-state index is 13.4. The molecule has 24 heavy (non-hydrogen) atoms. The third kappa shape index (κ3) is 2.44. The van der Waals surface area contributed by atoms with Gasteiger partial charge in [-0.25, -0.2) is 4.39 Å². The molecule has 0 saturated heterocycles. The second-order valence-corrected chi connectivity index (χ2v) is 7.25. The molecule has 2 N–H and O–H groups in total. The number of benzene rings is 2. The second kappa shape index (κ2) is 5.45. The lowest BCUT2D eigenvalue weighted by Crippen LogP contribution is -2.27. The number of aryl methyl sites for hydroxylation is 1. The van der Waals surface area contributed by atoms with Crippen molar-refractivity contribution in [1.29, 1.82) is 0 Å². The maximum Gasteiger partial charge on any atom is 0.235 e. The van der Waals surface area contributed by atoms with Crippen molar-refractivity contribution in [3.63, 3.8) is 0 Å². The monoisotopic (exact) mass is 386 g/mol. The summed E-state index contributed by atoms with van der Waals surface area (Å²) < 4.78 is 14.4. The molecule has 2 aromatic carbocycles. The zero-order valence-electron chi connectivity index (χ0n) is 13.1. The van der Waals surface area contributed by atoms with Crippen LogP contribution in [-0.4, -0.2) is 10.9 Å². The Labute approximate surface area is 147 Å². The van der Waals surface area contributed by atoms with Crippen LogP contribution in [0.25, 0.3) is 10.9 Å². The highest BCUT2D eigenvalue weighted by Crippen LogP contribution is 2.51. The third-order valence-corrected chi connectivity index (χ3v) is 5.65. The Morgan fingerprint density at radius 3 is 2.75 bits per heavy atom. The number of halogens is 2. The normalized spacial score (nSPS) is 15.5. The predicted molar refractivity (Wildman–Crippen MR) is 96.7 cm³/mol. The Morgan fingerprint density at radius 2 is 2.04 bits per heavy atom. The van der Waals surface area contributed by atoms with Crippen molar-refractivity contribution in [2.75, 3.05) is 5.32 Å². The number of amides is 1. The van der Waals surface area contributed by atoms with Gasteiger partial charge in [-0.05, 0) is 67.3 Å². The van der Waals surface area contributed by atoms with E-state index in [0.29, 0.717) is 0 Å². The van der Waals surface area contributed by atoms with Gasteiger partial charge in [0.05, 0.1) is 5.41 Å². The summed E-state index contributed by atoms with van der Waals surface area (Å²) in [5.74, 6) is -0.287. The number of hydrogen-bond acceptors (Lipinski definition) is 1. The molecule has 1 amide bonds. The molecule has 5 heteroatoms. The summed E-state index contributed by atoms with van der Waals surface area (Å²) >= 11 is 3.46. The van der Waals surface area contributed by atoms with Crippen LogP contribution in [0, 0.1) is 12.7 Å². The largest absolute Gasteiger partial charge is 0.361 e. The molecule has 1 fully saturated rings. The molecule has 0 aliphatic heterocycles. The lowest BCUT2D eigenvalue weighted by atomic mass is 9.94. The summed E-state index contributed by atoms with van der Waals surface area (Å²) in [6.45, 7) is 1.99. The Morgan fingerprint density at radius 1 is 1.25 bits per heavy atom. The van der Waals surface area contributed by atoms with E-state index in [1.165, 1.54) is 12.1 Å². The van der Waals surface area contributed by atoms with Crippen molar-refractivity contribution in [3.8, 4) is 0 Å². The van der Waals surface area contributed by atoms with Crippen molar-refractivity contribution in [2.24, 2.45) is 0 Å². The van der Waals surface area contributed by atoms with Gasteiger partial charge in [0.2, 0.25) is 5.91 Å². The highest BCUT2D eigenvalue weighted by Gasteiger charge is 2.52. The Hall–Kier alpha value is -2.14. The van der Waals surface area contributed by atoms with Crippen LogP contribution in [0.15, 0.2) is 47.1 Å². The highest BCUT2D eigenvalue weighted by atomic mass is 79.9. The summed E-state index contributed by atoms with van der Waals surface area (Å²) in [6.07, 6.45) is 3.45. The van der Waals surface area contributed by atoms with Gasteiger partial charge < -0.3 is 10.3 Å². The van der Waals surface area contributed by atoms with E-state index in [0.717, 1.165) is 45.0 Å². The molecular formula is C19H16BrFN2O. The smallest absolute Gasteiger partial charge is 0.235 e. The number of carbonyl (C=O) groups is 1. The van der Waals surface area contributed by atoms with Gasteiger partial charge in [0.1, 0.15) is 5.82 Å². The van der Waals surface area contributed by atoms with E-state index >= 15 is 0 Å². The summed E-state index contributed by atoms with van der Waals surface area (Å²) in [5, 5.41) is 3.94. The summed E-state index contributed by atoms with van der Waals surface area (Å²) in [6, 6.07) is 10.4. The maximum absolute atomic E-state index is 13.4. The van der Waals surface area contributed by atoms with Gasteiger partial charge in [-0.3, -0.25) is 4.79 Å². The number of fused-ring (bicyclic) bond motifs is 1. The molecule has 3 nitrogen and oxygen atoms in total. The van der Waals surface area contributed by atoms with Crippen LogP contribution in [0.1, 0.15) is 24.0 Å². The van der Waals surface area contributed by atoms with Crippen LogP contribution in [0.4, 0.5) is 10.1 Å². The minimum absolute atomic E-state index is 0.00514. The highest BCUT2D eigenvalue weighted by molar-refractivity contribution is 9.10. The van der Waals surface area contributed by atoms with Crippen molar-refractivity contribution < 1.29 is 9.18 Å². The standard InChI is InChI=1S/C19H16BrFN2O/c1-11-8-13(3-5-16(11)20)23-18(24)19(6-7-19)15-10-22-17-9-12(21)2-4-14(15)17/h2-5,8-10,22H,6-7H2,1H3,(H,23,24). The SMILES string of the molecule is Cc1cc(NC(=O)C2(c3c[nH]c4cc(F)ccc34)CC2)ccc1Br. The predicted octanol–water partition coefficient (Wildman–Crippen LogP) is 5.05. The van der Waals surface area contributed by atoms with E-state index in [4.69, 9.17) is 0 Å². The number of carbonyl (C=O) groups excluding carboxylic acids is 1. The Bertz CT molecular complexity index is 959. The summed E-state index contributed by atoms with van der Waals surface area (Å²) in [4.78, 5) is 16.0. The number of aromatic amines is 1. The molecule has 0 atom stereocenters. The fourth-order valence-electron chi connectivity index (χ4n) is 3.21. The minimum Gasteiger partial charge on any atom is -0.361 e. The molecule has 1 saturated carbocycles. The van der Waals surface area contributed by atoms with Crippen molar-refractivity contribution >= 4 is 38.4 Å². The molecule has 0 radical (unpaired) electrons. The van der Waals surface area contributed by atoms with E-state index in [2.05, 4.69) is 26.2 Å². The molecular weight excluding hydrogens is 371 g/mol. The molecule has 1 heterocycles. The van der Waals surface area contributed by atoms with Gasteiger partial charge in [0.15, 0.2) is 0 Å². The number of anilines is 1. The first-order valence-corrected chi connectivity index (χ1v) is 8.64. The van der Waals surface area contributed by atoms with E-state index in [-0.39, 0.29) is 11.7 Å². The summed E-state index contributed by atoms with van der Waals surface area (Å²) in [5.41, 5.74) is 3.02. The summed E-state index contributed by atoms with van der Waals surface area (Å²) in [7, 11) is 0. The number of nitrogens with one attached hydrogen (secondary N) is 2. The number of hydrogen-bond donors (Lipinski definition) is 2. The van der Waals surface area contributed by atoms with Crippen LogP contribution in [0.5, 0.6) is 0 Å². The van der Waals surface area contributed by atoms with E-state index in [9.17, 15) is 9.18 Å². The van der Waals surface area contributed by atoms with E-state index in [1.54, 1.807) is 6.07 Å². The fourth-order valence-corrected chi connectivity index (χ4v) is 3.46. The molecule has 1 aliphatic rings. The zero-order valence-corrected chi connectivity index (χ0v) is 14.7. The van der Waals surface area contributed by atoms with Crippen LogP contribution >= 0.6 is 15.9 Å². The Kier molecular flexibility index (Phi) is 3.49. The first-order valence-electron chi connectivity index (χ1n) is 7.84. The van der Waals surface area contributed by atoms with Gasteiger partial charge in [0, 0.05) is 27.3 Å². The van der Waals surface area contributed by atoms with Crippen LogP contribution in [0.3, 0.4) is 0 Å². The van der Waals surface area contributed by atoms with Gasteiger partial charge in [-0.15, -0.1) is 0 Å². The van der Waals surface area contributed by atoms with E-state index in [1.807, 2.05) is 31.3 Å². The van der Waals surface area contributed by atoms with Crippen LogP contribution < -0.4 is 5.32 Å². The molecule has 0 bridgehead atoms. The number of rotatable bonds is 3. The first-order chi connectivity index (χ1) is 11.5. The first kappa shape index (κ1) is 15.4. The average Bonchev–Trinajstić information content (AvgIpc) is 3.25. The number of H-pyrrole nitrogens is 1. The lowest BCUT2D eigenvalue weighted by molar-refractivity contribution is -0.118. The minimum atomic E-state index is -0.517.